The molecule has 1 aromatic heterocycles. The first-order valence-electron chi connectivity index (χ1n) is 4.15. The van der Waals surface area contributed by atoms with Gasteiger partial charge in [-0.3, -0.25) is 0 Å². The van der Waals surface area contributed by atoms with Crippen molar-refractivity contribution in [1.29, 1.82) is 5.26 Å². The molecule has 4 heteroatoms. The number of rotatable bonds is 2. The molecule has 14 heavy (non-hydrogen) atoms. The average Bonchev–Trinajstić information content (AvgIpc) is 2.67. The lowest BCUT2D eigenvalue weighted by Gasteiger charge is -1.98. The maximum Gasteiger partial charge on any atom is 0.192 e. The van der Waals surface area contributed by atoms with Crippen LogP contribution in [0.1, 0.15) is 11.3 Å². The van der Waals surface area contributed by atoms with E-state index in [-0.39, 0.29) is 5.69 Å². The summed E-state index contributed by atoms with van der Waals surface area (Å²) in [5.41, 5.74) is 1.33. The fourth-order valence-corrected chi connectivity index (χ4v) is 1.14. The Balaban J connectivity index is 2.16. The van der Waals surface area contributed by atoms with Gasteiger partial charge in [-0.25, -0.2) is 4.68 Å². The van der Waals surface area contributed by atoms with Crippen LogP contribution in [0.5, 0.6) is 0 Å². The molecule has 0 saturated heterocycles. The Hall–Kier alpha value is -2.15. The van der Waals surface area contributed by atoms with Gasteiger partial charge in [0.25, 0.3) is 0 Å². The van der Waals surface area contributed by atoms with Crippen molar-refractivity contribution >= 4 is 0 Å². The molecule has 0 aliphatic carbocycles. The van der Waals surface area contributed by atoms with E-state index in [4.69, 9.17) is 5.26 Å². The van der Waals surface area contributed by atoms with Crippen LogP contribution in [0.15, 0.2) is 30.3 Å². The number of aromatic nitrogens is 3. The number of hydrogen-bond acceptors (Lipinski definition) is 3. The van der Waals surface area contributed by atoms with Gasteiger partial charge in [0.05, 0.1) is 6.54 Å². The zero-order valence-electron chi connectivity index (χ0n) is 7.38. The lowest BCUT2D eigenvalue weighted by Crippen LogP contribution is -2.00. The number of hydrogen-bond donors (Lipinski definition) is 0. The molecule has 0 fully saturated rings. The van der Waals surface area contributed by atoms with Crippen LogP contribution in [-0.2, 0) is 6.54 Å². The Morgan fingerprint density at radius 1 is 1.36 bits per heavy atom. The monoisotopic (exact) mass is 183 g/mol. The smallest absolute Gasteiger partial charge is 0.192 e. The summed E-state index contributed by atoms with van der Waals surface area (Å²) in [6, 6.07) is 11.7. The first kappa shape index (κ1) is 8.45. The quantitative estimate of drug-likeness (QED) is 0.697. The first-order chi connectivity index (χ1) is 6.88. The number of nitriles is 1. The molecule has 2 rings (SSSR count). The Kier molecular flexibility index (Phi) is 2.24. The van der Waals surface area contributed by atoms with Gasteiger partial charge in [0.1, 0.15) is 12.3 Å². The number of nitrogens with zero attached hydrogens (tertiary/aromatic N) is 4. The summed E-state index contributed by atoms with van der Waals surface area (Å²) in [5, 5.41) is 15.9. The third kappa shape index (κ3) is 1.77. The van der Waals surface area contributed by atoms with Gasteiger partial charge in [0.2, 0.25) is 0 Å². The standard InChI is InChI=1S/C10H7N4/c11-6-10-8-14(13-12-10)7-9-4-2-1-3-5-9/h1-5H,7H2. The van der Waals surface area contributed by atoms with Crippen molar-refractivity contribution in [2.45, 2.75) is 6.54 Å². The van der Waals surface area contributed by atoms with E-state index in [9.17, 15) is 0 Å². The summed E-state index contributed by atoms with van der Waals surface area (Å²) >= 11 is 0. The van der Waals surface area contributed by atoms with Crippen LogP contribution in [0, 0.1) is 17.5 Å². The average molecular weight is 183 g/mol. The van der Waals surface area contributed by atoms with Gasteiger partial charge in [-0.15, -0.1) is 5.10 Å². The topological polar surface area (TPSA) is 54.5 Å². The number of benzene rings is 1. The summed E-state index contributed by atoms with van der Waals surface area (Å²) in [5.74, 6) is 0. The van der Waals surface area contributed by atoms with Crippen LogP contribution >= 0.6 is 0 Å². The molecule has 0 spiro atoms. The summed E-state index contributed by atoms with van der Waals surface area (Å²) in [7, 11) is 0. The van der Waals surface area contributed by atoms with Gasteiger partial charge in [0, 0.05) is 0 Å². The van der Waals surface area contributed by atoms with Crippen molar-refractivity contribution in [3.8, 4) is 6.07 Å². The molecule has 1 heterocycles. The predicted octanol–water partition coefficient (Wildman–Crippen LogP) is 0.998. The molecule has 0 aliphatic rings. The second-order valence-corrected chi connectivity index (χ2v) is 2.80. The fourth-order valence-electron chi connectivity index (χ4n) is 1.14. The van der Waals surface area contributed by atoms with Crippen LogP contribution in [-0.4, -0.2) is 15.0 Å². The van der Waals surface area contributed by atoms with E-state index in [0.29, 0.717) is 6.54 Å². The highest BCUT2D eigenvalue weighted by Gasteiger charge is 2.00. The molecule has 67 valence electrons. The molecule has 1 radical (unpaired) electrons. The highest BCUT2D eigenvalue weighted by atomic mass is 15.4. The van der Waals surface area contributed by atoms with Gasteiger partial charge in [-0.2, -0.15) is 5.26 Å². The lowest BCUT2D eigenvalue weighted by molar-refractivity contribution is 0.645. The molecule has 2 aromatic rings. The van der Waals surface area contributed by atoms with E-state index in [1.165, 1.54) is 4.68 Å². The summed E-state index contributed by atoms with van der Waals surface area (Å²) < 4.78 is 1.52. The first-order valence-corrected chi connectivity index (χ1v) is 4.15. The molecule has 4 nitrogen and oxygen atoms in total. The van der Waals surface area contributed by atoms with Crippen LogP contribution in [0.2, 0.25) is 0 Å². The van der Waals surface area contributed by atoms with E-state index in [0.717, 1.165) is 5.56 Å². The molecule has 0 amide bonds. The molecule has 0 N–H and O–H groups in total. The minimum Gasteiger partial charge on any atom is -0.237 e. The van der Waals surface area contributed by atoms with E-state index >= 15 is 0 Å². The third-order valence-corrected chi connectivity index (χ3v) is 1.77. The van der Waals surface area contributed by atoms with E-state index in [1.807, 2.05) is 36.4 Å². The minimum atomic E-state index is 0.223. The Morgan fingerprint density at radius 3 is 2.79 bits per heavy atom. The largest absolute Gasteiger partial charge is 0.237 e. The predicted molar refractivity (Wildman–Crippen MR) is 49.1 cm³/mol. The van der Waals surface area contributed by atoms with Gasteiger partial charge in [0.15, 0.2) is 5.69 Å². The summed E-state index contributed by atoms with van der Waals surface area (Å²) in [6.45, 7) is 0.593. The Labute approximate surface area is 81.4 Å². The minimum absolute atomic E-state index is 0.223. The zero-order chi connectivity index (χ0) is 9.80. The molecule has 0 bridgehead atoms. The second-order valence-electron chi connectivity index (χ2n) is 2.80. The second kappa shape index (κ2) is 3.71. The molecule has 0 atom stereocenters. The van der Waals surface area contributed by atoms with Crippen molar-refractivity contribution < 1.29 is 0 Å². The van der Waals surface area contributed by atoms with Gasteiger partial charge >= 0.3 is 0 Å². The van der Waals surface area contributed by atoms with E-state index in [2.05, 4.69) is 16.5 Å². The van der Waals surface area contributed by atoms with E-state index in [1.54, 1.807) is 0 Å². The fraction of sp³-hybridized carbons (Fsp3) is 0.100. The maximum atomic E-state index is 8.52. The normalized spacial score (nSPS) is 9.64. The molecule has 1 aromatic carbocycles. The highest BCUT2D eigenvalue weighted by molar-refractivity contribution is 5.16. The zero-order valence-corrected chi connectivity index (χ0v) is 7.38. The van der Waals surface area contributed by atoms with Crippen molar-refractivity contribution in [2.24, 2.45) is 0 Å². The molecule has 0 unspecified atom stereocenters. The van der Waals surface area contributed by atoms with Gasteiger partial charge in [-0.05, 0) is 5.56 Å². The SMILES string of the molecule is N#Cc1[c]n(Cc2ccccc2)nn1. The van der Waals surface area contributed by atoms with Crippen molar-refractivity contribution in [2.75, 3.05) is 0 Å². The van der Waals surface area contributed by atoms with E-state index < -0.39 is 0 Å². The molecular formula is C10H7N4. The summed E-state index contributed by atoms with van der Waals surface area (Å²) in [4.78, 5) is 0. The Morgan fingerprint density at radius 2 is 2.14 bits per heavy atom. The highest BCUT2D eigenvalue weighted by Crippen LogP contribution is 2.00. The molecular weight excluding hydrogens is 176 g/mol. The van der Waals surface area contributed by atoms with Crippen LogP contribution < -0.4 is 0 Å². The lowest BCUT2D eigenvalue weighted by atomic mass is 10.2. The van der Waals surface area contributed by atoms with Gasteiger partial charge < -0.3 is 0 Å². The van der Waals surface area contributed by atoms with Crippen LogP contribution in [0.3, 0.4) is 0 Å². The molecule has 0 aliphatic heterocycles. The van der Waals surface area contributed by atoms with Crippen LogP contribution in [0.25, 0.3) is 0 Å². The van der Waals surface area contributed by atoms with Crippen LogP contribution in [0.4, 0.5) is 0 Å². The van der Waals surface area contributed by atoms with Crippen molar-refractivity contribution in [1.82, 2.24) is 15.0 Å². The van der Waals surface area contributed by atoms with Crippen molar-refractivity contribution in [3.63, 3.8) is 0 Å². The molecule has 0 saturated carbocycles. The summed E-state index contributed by atoms with van der Waals surface area (Å²) in [6.07, 6.45) is 2.74. The van der Waals surface area contributed by atoms with Gasteiger partial charge in [-0.1, -0.05) is 35.5 Å². The van der Waals surface area contributed by atoms with Crippen molar-refractivity contribution in [3.05, 3.63) is 47.8 Å². The maximum absolute atomic E-state index is 8.52. The Bertz CT molecular complexity index is 452. The third-order valence-electron chi connectivity index (χ3n) is 1.77.